The number of benzene rings is 1. The molecule has 20 heavy (non-hydrogen) atoms. The van der Waals surface area contributed by atoms with E-state index in [1.54, 1.807) is 0 Å². The minimum absolute atomic E-state index is 0.00341. The van der Waals surface area contributed by atoms with Gasteiger partial charge in [0, 0.05) is 17.5 Å². The molecule has 0 aliphatic carbocycles. The number of hydrogen-bond acceptors (Lipinski definition) is 4. The van der Waals surface area contributed by atoms with Gasteiger partial charge in [-0.1, -0.05) is 18.2 Å². The van der Waals surface area contributed by atoms with Gasteiger partial charge < -0.3 is 9.88 Å². The standard InChI is InChI=1S/C15H16N4O/c16-7-8-17-10-19-9-3-5-12-14(19)11-4-1-2-6-13(11)18-15(12)20/h1-2,4,6,17H,3,5,8-10H2,(H,18,20). The van der Waals surface area contributed by atoms with Crippen LogP contribution in [0.25, 0.3) is 10.9 Å². The number of anilines is 1. The second kappa shape index (κ2) is 5.35. The average molecular weight is 268 g/mol. The molecule has 1 aliphatic rings. The van der Waals surface area contributed by atoms with Crippen molar-refractivity contribution in [3.05, 3.63) is 40.2 Å². The molecule has 0 unspecified atom stereocenters. The second-order valence-electron chi connectivity index (χ2n) is 4.94. The maximum atomic E-state index is 12.2. The molecule has 0 saturated carbocycles. The van der Waals surface area contributed by atoms with Gasteiger partial charge in [0.25, 0.3) is 5.56 Å². The van der Waals surface area contributed by atoms with Gasteiger partial charge in [-0.05, 0) is 18.9 Å². The number of nitriles is 1. The maximum absolute atomic E-state index is 12.2. The van der Waals surface area contributed by atoms with Crippen LogP contribution in [0.4, 0.5) is 5.69 Å². The van der Waals surface area contributed by atoms with E-state index >= 15 is 0 Å². The molecule has 102 valence electrons. The molecule has 0 saturated heterocycles. The average Bonchev–Trinajstić information content (AvgIpc) is 2.48. The molecule has 1 aromatic carbocycles. The Balaban J connectivity index is 2.10. The number of rotatable bonds is 3. The van der Waals surface area contributed by atoms with E-state index in [-0.39, 0.29) is 5.56 Å². The number of nitrogens with one attached hydrogen (secondary N) is 2. The fourth-order valence-electron chi connectivity index (χ4n) is 2.82. The van der Waals surface area contributed by atoms with Gasteiger partial charge in [-0.25, -0.2) is 0 Å². The number of aromatic amines is 1. The number of nitrogens with zero attached hydrogens (tertiary/aromatic N) is 2. The number of pyridine rings is 1. The van der Waals surface area contributed by atoms with Crippen LogP contribution < -0.4 is 15.8 Å². The Morgan fingerprint density at radius 1 is 1.40 bits per heavy atom. The van der Waals surface area contributed by atoms with Crippen molar-refractivity contribution in [3.63, 3.8) is 0 Å². The molecule has 0 fully saturated rings. The van der Waals surface area contributed by atoms with Gasteiger partial charge in [-0.3, -0.25) is 10.1 Å². The summed E-state index contributed by atoms with van der Waals surface area (Å²) in [5, 5.41) is 12.8. The zero-order valence-corrected chi connectivity index (χ0v) is 11.1. The highest BCUT2D eigenvalue weighted by atomic mass is 16.1. The summed E-state index contributed by atoms with van der Waals surface area (Å²) < 4.78 is 0. The molecule has 3 rings (SSSR count). The summed E-state index contributed by atoms with van der Waals surface area (Å²) in [4.78, 5) is 17.3. The van der Waals surface area contributed by atoms with Crippen molar-refractivity contribution in [3.8, 4) is 6.07 Å². The molecule has 1 aromatic heterocycles. The lowest BCUT2D eigenvalue weighted by atomic mass is 10.00. The van der Waals surface area contributed by atoms with Gasteiger partial charge in [-0.2, -0.15) is 5.26 Å². The summed E-state index contributed by atoms with van der Waals surface area (Å²) >= 11 is 0. The summed E-state index contributed by atoms with van der Waals surface area (Å²) in [5.74, 6) is 0. The third kappa shape index (κ3) is 2.15. The molecule has 2 N–H and O–H groups in total. The highest BCUT2D eigenvalue weighted by molar-refractivity contribution is 5.93. The Morgan fingerprint density at radius 2 is 2.25 bits per heavy atom. The van der Waals surface area contributed by atoms with Crippen molar-refractivity contribution < 1.29 is 0 Å². The van der Waals surface area contributed by atoms with Crippen LogP contribution in [0.3, 0.4) is 0 Å². The van der Waals surface area contributed by atoms with Gasteiger partial charge in [0.2, 0.25) is 0 Å². The molecule has 0 spiro atoms. The van der Waals surface area contributed by atoms with E-state index in [2.05, 4.69) is 21.3 Å². The van der Waals surface area contributed by atoms with Crippen LogP contribution in [0.5, 0.6) is 0 Å². The van der Waals surface area contributed by atoms with Crippen molar-refractivity contribution in [2.24, 2.45) is 0 Å². The van der Waals surface area contributed by atoms with E-state index in [0.717, 1.165) is 41.5 Å². The van der Waals surface area contributed by atoms with Gasteiger partial charge in [0.15, 0.2) is 0 Å². The normalized spacial score (nSPS) is 14.1. The Bertz CT molecular complexity index is 729. The first-order valence-electron chi connectivity index (χ1n) is 6.78. The monoisotopic (exact) mass is 268 g/mol. The predicted molar refractivity (Wildman–Crippen MR) is 78.7 cm³/mol. The molecule has 0 amide bonds. The highest BCUT2D eigenvalue weighted by Crippen LogP contribution is 2.31. The highest BCUT2D eigenvalue weighted by Gasteiger charge is 2.21. The van der Waals surface area contributed by atoms with Gasteiger partial charge in [-0.15, -0.1) is 0 Å². The molecule has 5 heteroatoms. The lowest BCUT2D eigenvalue weighted by Crippen LogP contribution is -2.39. The summed E-state index contributed by atoms with van der Waals surface area (Å²) in [7, 11) is 0. The van der Waals surface area contributed by atoms with E-state index in [0.29, 0.717) is 13.2 Å². The first-order chi connectivity index (χ1) is 9.81. The molecule has 2 aromatic rings. The molecule has 5 nitrogen and oxygen atoms in total. The Kier molecular flexibility index (Phi) is 3.40. The Morgan fingerprint density at radius 3 is 3.10 bits per heavy atom. The van der Waals surface area contributed by atoms with Crippen LogP contribution in [-0.4, -0.2) is 24.7 Å². The number of para-hydroxylation sites is 1. The lowest BCUT2D eigenvalue weighted by Gasteiger charge is -2.31. The van der Waals surface area contributed by atoms with Crippen LogP contribution in [-0.2, 0) is 6.42 Å². The Labute approximate surface area is 116 Å². The molecule has 0 radical (unpaired) electrons. The van der Waals surface area contributed by atoms with E-state index in [4.69, 9.17) is 5.26 Å². The number of hydrogen-bond donors (Lipinski definition) is 2. The third-order valence-corrected chi connectivity index (χ3v) is 3.67. The van der Waals surface area contributed by atoms with Crippen LogP contribution in [0.1, 0.15) is 12.0 Å². The SMILES string of the molecule is N#CCNCN1CCCc2c1c1ccccc1[nH]c2=O. The zero-order chi connectivity index (χ0) is 13.9. The first-order valence-corrected chi connectivity index (χ1v) is 6.78. The topological polar surface area (TPSA) is 71.9 Å². The molecular weight excluding hydrogens is 252 g/mol. The van der Waals surface area contributed by atoms with Crippen LogP contribution in [0.15, 0.2) is 29.1 Å². The lowest BCUT2D eigenvalue weighted by molar-refractivity contribution is 0.638. The van der Waals surface area contributed by atoms with E-state index in [9.17, 15) is 4.79 Å². The Hall–Kier alpha value is -2.32. The van der Waals surface area contributed by atoms with Crippen LogP contribution in [0.2, 0.25) is 0 Å². The summed E-state index contributed by atoms with van der Waals surface area (Å²) in [6, 6.07) is 9.94. The first kappa shape index (κ1) is 12.7. The molecule has 1 aliphatic heterocycles. The van der Waals surface area contributed by atoms with Crippen molar-refractivity contribution in [2.45, 2.75) is 12.8 Å². The maximum Gasteiger partial charge on any atom is 0.253 e. The van der Waals surface area contributed by atoms with E-state index < -0.39 is 0 Å². The minimum Gasteiger partial charge on any atom is -0.358 e. The molecule has 0 bridgehead atoms. The summed E-state index contributed by atoms with van der Waals surface area (Å²) in [6.07, 6.45) is 1.77. The van der Waals surface area contributed by atoms with Crippen molar-refractivity contribution in [1.82, 2.24) is 10.3 Å². The predicted octanol–water partition coefficient (Wildman–Crippen LogP) is 1.35. The molecule has 2 heterocycles. The van der Waals surface area contributed by atoms with Crippen LogP contribution in [0, 0.1) is 11.3 Å². The summed E-state index contributed by atoms with van der Waals surface area (Å²) in [5.41, 5.74) is 2.74. The smallest absolute Gasteiger partial charge is 0.253 e. The van der Waals surface area contributed by atoms with Crippen molar-refractivity contribution >= 4 is 16.6 Å². The van der Waals surface area contributed by atoms with Gasteiger partial charge >= 0.3 is 0 Å². The minimum atomic E-state index is 0.00341. The molecular formula is C15H16N4O. The number of fused-ring (bicyclic) bond motifs is 3. The fraction of sp³-hybridized carbons (Fsp3) is 0.333. The van der Waals surface area contributed by atoms with Gasteiger partial charge in [0.1, 0.15) is 0 Å². The third-order valence-electron chi connectivity index (χ3n) is 3.67. The van der Waals surface area contributed by atoms with Crippen molar-refractivity contribution in [1.29, 1.82) is 5.26 Å². The number of aromatic nitrogens is 1. The summed E-state index contributed by atoms with van der Waals surface area (Å²) in [6.45, 7) is 1.81. The van der Waals surface area contributed by atoms with Crippen LogP contribution >= 0.6 is 0 Å². The second-order valence-corrected chi connectivity index (χ2v) is 4.94. The fourth-order valence-corrected chi connectivity index (χ4v) is 2.82. The van der Waals surface area contributed by atoms with Crippen molar-refractivity contribution in [2.75, 3.05) is 24.7 Å². The molecule has 0 atom stereocenters. The van der Waals surface area contributed by atoms with E-state index in [1.165, 1.54) is 0 Å². The largest absolute Gasteiger partial charge is 0.358 e. The van der Waals surface area contributed by atoms with E-state index in [1.807, 2.05) is 24.3 Å². The quantitative estimate of drug-likeness (QED) is 0.651. The van der Waals surface area contributed by atoms with Gasteiger partial charge in [0.05, 0.1) is 30.5 Å². The number of H-pyrrole nitrogens is 1. The zero-order valence-electron chi connectivity index (χ0n) is 11.1.